The maximum absolute atomic E-state index is 11.5. The summed E-state index contributed by atoms with van der Waals surface area (Å²) >= 11 is 0. The Morgan fingerprint density at radius 3 is 1.86 bits per heavy atom. The first-order valence-electron chi connectivity index (χ1n) is 4.05. The van der Waals surface area contributed by atoms with Crippen LogP contribution in [0.15, 0.2) is 0 Å². The van der Waals surface area contributed by atoms with Crippen LogP contribution < -0.4 is 0 Å². The van der Waals surface area contributed by atoms with Crippen LogP contribution in [0.3, 0.4) is 0 Å². The number of rotatable bonds is 3. The zero-order chi connectivity index (χ0) is 11.8. The van der Waals surface area contributed by atoms with Gasteiger partial charge in [0.2, 0.25) is 17.4 Å². The molecule has 7 heteroatoms. The lowest BCUT2D eigenvalue weighted by Crippen LogP contribution is -2.44. The third kappa shape index (κ3) is 3.59. The maximum Gasteiger partial charge on any atom is 0.314 e. The Morgan fingerprint density at radius 1 is 1.29 bits per heavy atom. The van der Waals surface area contributed by atoms with Gasteiger partial charge in [0, 0.05) is 10.7 Å². The normalized spacial score (nSPS) is 13.9. The molecule has 0 aliphatic rings. The first-order valence-corrected chi connectivity index (χ1v) is 9.77. The van der Waals surface area contributed by atoms with Crippen molar-refractivity contribution < 1.29 is 17.6 Å². The lowest BCUT2D eigenvalue weighted by molar-refractivity contribution is -0.137. The van der Waals surface area contributed by atoms with E-state index in [9.17, 15) is 13.2 Å². The topological polar surface area (TPSA) is 60.4 Å². The molecule has 0 aliphatic heterocycles. The van der Waals surface area contributed by atoms with Crippen molar-refractivity contribution in [2.24, 2.45) is 0 Å². The molecule has 0 rings (SSSR count). The van der Waals surface area contributed by atoms with Gasteiger partial charge >= 0.3 is 5.97 Å². The lowest BCUT2D eigenvalue weighted by Gasteiger charge is -2.25. The Hall–Kier alpha value is -0.0731. The van der Waals surface area contributed by atoms with Crippen LogP contribution in [0.5, 0.6) is 0 Å². The van der Waals surface area contributed by atoms with Crippen LogP contribution >= 0.6 is 10.7 Å². The maximum atomic E-state index is 11.5. The third-order valence-electron chi connectivity index (χ3n) is 1.50. The molecule has 84 valence electrons. The van der Waals surface area contributed by atoms with Gasteiger partial charge in [0.15, 0.2) is 4.75 Å². The summed E-state index contributed by atoms with van der Waals surface area (Å²) in [6, 6.07) is 0. The number of carbonyl (C=O) groups is 1. The van der Waals surface area contributed by atoms with Gasteiger partial charge < -0.3 is 4.43 Å². The highest BCUT2D eigenvalue weighted by molar-refractivity contribution is 8.15. The molecular formula is C7H15ClO4SSi. The summed E-state index contributed by atoms with van der Waals surface area (Å²) in [5.41, 5.74) is 0. The monoisotopic (exact) mass is 258 g/mol. The summed E-state index contributed by atoms with van der Waals surface area (Å²) in [6.07, 6.45) is 0. The predicted molar refractivity (Wildman–Crippen MR) is 58.3 cm³/mol. The van der Waals surface area contributed by atoms with Gasteiger partial charge in [-0.2, -0.15) is 0 Å². The molecule has 0 unspecified atom stereocenters. The second-order valence-electron chi connectivity index (χ2n) is 4.45. The molecule has 0 radical (unpaired) electrons. The standard InChI is InChI=1S/C7H15ClO4SSi/c1-7(2,13(8,10)11)6(9)12-14(3,4)5/h1-5H3. The largest absolute Gasteiger partial charge is 0.519 e. The molecule has 0 fully saturated rings. The molecule has 0 heterocycles. The minimum atomic E-state index is -3.95. The van der Waals surface area contributed by atoms with E-state index in [-0.39, 0.29) is 0 Å². The molecule has 0 aliphatic carbocycles. The minimum absolute atomic E-state index is 0.785. The molecule has 4 nitrogen and oxygen atoms in total. The fraction of sp³-hybridized carbons (Fsp3) is 0.857. The Morgan fingerprint density at radius 2 is 1.64 bits per heavy atom. The van der Waals surface area contributed by atoms with Crippen LogP contribution in [-0.4, -0.2) is 27.5 Å². The van der Waals surface area contributed by atoms with E-state index in [1.807, 2.05) is 0 Å². The van der Waals surface area contributed by atoms with Gasteiger partial charge in [-0.05, 0) is 33.5 Å². The van der Waals surface area contributed by atoms with E-state index in [1.165, 1.54) is 13.8 Å². The molecule has 0 aromatic carbocycles. The summed E-state index contributed by atoms with van der Waals surface area (Å²) in [7, 11) is -0.900. The molecule has 0 saturated carbocycles. The first kappa shape index (κ1) is 13.9. The third-order valence-corrected chi connectivity index (χ3v) is 4.84. The highest BCUT2D eigenvalue weighted by Gasteiger charge is 2.43. The molecule has 0 bridgehead atoms. The van der Waals surface area contributed by atoms with Gasteiger partial charge in [-0.3, -0.25) is 4.79 Å². The van der Waals surface area contributed by atoms with Crippen molar-refractivity contribution in [3.8, 4) is 0 Å². The molecule has 0 aromatic heterocycles. The van der Waals surface area contributed by atoms with E-state index >= 15 is 0 Å². The van der Waals surface area contributed by atoms with E-state index < -0.39 is 28.1 Å². The number of carbonyl (C=O) groups excluding carboxylic acids is 1. The number of hydrogen-bond acceptors (Lipinski definition) is 4. The molecule has 0 amide bonds. The lowest BCUT2D eigenvalue weighted by atomic mass is 10.2. The molecule has 0 spiro atoms. The van der Waals surface area contributed by atoms with Gasteiger partial charge in [-0.1, -0.05) is 0 Å². The summed E-state index contributed by atoms with van der Waals surface area (Å²) in [5.74, 6) is -0.785. The van der Waals surface area contributed by atoms with Crippen molar-refractivity contribution in [3.05, 3.63) is 0 Å². The molecule has 0 N–H and O–H groups in total. The van der Waals surface area contributed by atoms with Crippen LogP contribution in [0.1, 0.15) is 13.8 Å². The van der Waals surface area contributed by atoms with Crippen molar-refractivity contribution in [2.45, 2.75) is 38.2 Å². The molecule has 0 atom stereocenters. The zero-order valence-corrected chi connectivity index (χ0v) is 11.5. The highest BCUT2D eigenvalue weighted by Crippen LogP contribution is 2.23. The fourth-order valence-corrected chi connectivity index (χ4v) is 1.82. The minimum Gasteiger partial charge on any atom is -0.519 e. The van der Waals surface area contributed by atoms with Gasteiger partial charge in [-0.25, -0.2) is 8.42 Å². The van der Waals surface area contributed by atoms with E-state index in [0.29, 0.717) is 0 Å². The summed E-state index contributed by atoms with van der Waals surface area (Å²) < 4.78 is 25.5. The van der Waals surface area contributed by atoms with Gasteiger partial charge in [-0.15, -0.1) is 0 Å². The molecule has 14 heavy (non-hydrogen) atoms. The highest BCUT2D eigenvalue weighted by atomic mass is 35.7. The van der Waals surface area contributed by atoms with Crippen molar-refractivity contribution in [1.82, 2.24) is 0 Å². The van der Waals surface area contributed by atoms with Crippen LogP contribution in [0.2, 0.25) is 19.6 Å². The van der Waals surface area contributed by atoms with E-state index in [1.54, 1.807) is 19.6 Å². The molecule has 0 saturated heterocycles. The number of hydrogen-bond donors (Lipinski definition) is 0. The van der Waals surface area contributed by atoms with E-state index in [2.05, 4.69) is 0 Å². The Labute approximate surface area is 90.1 Å². The van der Waals surface area contributed by atoms with Gasteiger partial charge in [0.05, 0.1) is 0 Å². The quantitative estimate of drug-likeness (QED) is 0.571. The average Bonchev–Trinajstić information content (AvgIpc) is 1.80. The zero-order valence-electron chi connectivity index (χ0n) is 8.92. The SMILES string of the molecule is CC(C)(C(=O)O[Si](C)(C)C)S(=O)(=O)Cl. The summed E-state index contributed by atoms with van der Waals surface area (Å²) in [5, 5.41) is 0. The van der Waals surface area contributed by atoms with E-state index in [4.69, 9.17) is 15.1 Å². The Kier molecular flexibility index (Phi) is 3.80. The van der Waals surface area contributed by atoms with Crippen molar-refractivity contribution in [3.63, 3.8) is 0 Å². The summed E-state index contributed by atoms with van der Waals surface area (Å²) in [6.45, 7) is 7.85. The van der Waals surface area contributed by atoms with Crippen LogP contribution in [0.25, 0.3) is 0 Å². The van der Waals surface area contributed by atoms with Crippen LogP contribution in [0, 0.1) is 0 Å². The number of halogens is 1. The Balaban J connectivity index is 4.89. The second-order valence-corrected chi connectivity index (χ2v) is 12.0. The molecule has 0 aromatic rings. The fourth-order valence-electron chi connectivity index (χ4n) is 0.501. The first-order chi connectivity index (χ1) is 5.88. The second kappa shape index (κ2) is 3.82. The predicted octanol–water partition coefficient (Wildman–Crippen LogP) is 1.71. The smallest absolute Gasteiger partial charge is 0.314 e. The van der Waals surface area contributed by atoms with Crippen molar-refractivity contribution in [2.75, 3.05) is 0 Å². The van der Waals surface area contributed by atoms with Gasteiger partial charge in [0.1, 0.15) is 0 Å². The van der Waals surface area contributed by atoms with Crippen LogP contribution in [0.4, 0.5) is 0 Å². The average molecular weight is 259 g/mol. The Bertz CT molecular complexity index is 328. The van der Waals surface area contributed by atoms with Crippen LogP contribution in [-0.2, 0) is 18.3 Å². The van der Waals surface area contributed by atoms with Crippen molar-refractivity contribution in [1.29, 1.82) is 0 Å². The molecular weight excluding hydrogens is 244 g/mol. The summed E-state index contributed by atoms with van der Waals surface area (Å²) in [4.78, 5) is 11.5. The van der Waals surface area contributed by atoms with Crippen molar-refractivity contribution >= 4 is 34.0 Å². The van der Waals surface area contributed by atoms with Gasteiger partial charge in [0.25, 0.3) is 0 Å². The van der Waals surface area contributed by atoms with E-state index in [0.717, 1.165) is 0 Å².